The summed E-state index contributed by atoms with van der Waals surface area (Å²) in [5.41, 5.74) is 0.635. The summed E-state index contributed by atoms with van der Waals surface area (Å²) in [6.45, 7) is 1.15. The Hall–Kier alpha value is -3.75. The van der Waals surface area contributed by atoms with E-state index in [-0.39, 0.29) is 12.8 Å². The van der Waals surface area contributed by atoms with Crippen LogP contribution in [-0.4, -0.2) is 40.7 Å². The number of aromatic nitrogens is 3. The highest BCUT2D eigenvalue weighted by atomic mass is 16.7. The van der Waals surface area contributed by atoms with Gasteiger partial charge >= 0.3 is 6.03 Å². The van der Waals surface area contributed by atoms with Gasteiger partial charge in [0, 0.05) is 37.2 Å². The van der Waals surface area contributed by atoms with Gasteiger partial charge in [0.1, 0.15) is 5.82 Å². The number of rotatable bonds is 6. The van der Waals surface area contributed by atoms with Crippen molar-refractivity contribution in [1.29, 1.82) is 0 Å². The van der Waals surface area contributed by atoms with E-state index in [1.54, 1.807) is 18.2 Å². The molecule has 0 atom stereocenters. The maximum atomic E-state index is 11.9. The molecule has 2 amide bonds. The first-order valence-corrected chi connectivity index (χ1v) is 8.43. The van der Waals surface area contributed by atoms with Crippen LogP contribution in [0.3, 0.4) is 0 Å². The van der Waals surface area contributed by atoms with Crippen LogP contribution in [0.5, 0.6) is 11.5 Å². The Morgan fingerprint density at radius 1 is 1.04 bits per heavy atom. The molecule has 0 spiro atoms. The first-order chi connectivity index (χ1) is 13.3. The zero-order chi connectivity index (χ0) is 18.5. The summed E-state index contributed by atoms with van der Waals surface area (Å²) in [4.78, 5) is 11.9. The molecular formula is C18H18N6O3. The zero-order valence-electron chi connectivity index (χ0n) is 14.4. The van der Waals surface area contributed by atoms with Gasteiger partial charge in [0.05, 0.1) is 0 Å². The van der Waals surface area contributed by atoms with Gasteiger partial charge in [-0.25, -0.2) is 4.79 Å². The number of hydrogen-bond donors (Lipinski definition) is 3. The second kappa shape index (κ2) is 7.65. The van der Waals surface area contributed by atoms with E-state index >= 15 is 0 Å². The Kier molecular flexibility index (Phi) is 4.73. The molecule has 27 heavy (non-hydrogen) atoms. The molecule has 0 fully saturated rings. The van der Waals surface area contributed by atoms with Gasteiger partial charge in [0.25, 0.3) is 0 Å². The molecule has 1 aliphatic heterocycles. The third-order valence-corrected chi connectivity index (χ3v) is 3.87. The van der Waals surface area contributed by atoms with Crippen LogP contribution >= 0.6 is 0 Å². The molecule has 4 rings (SSSR count). The fourth-order valence-corrected chi connectivity index (χ4v) is 2.56. The van der Waals surface area contributed by atoms with Crippen LogP contribution in [0.25, 0.3) is 5.82 Å². The molecule has 2 aromatic heterocycles. The van der Waals surface area contributed by atoms with Crippen molar-refractivity contribution in [2.24, 2.45) is 0 Å². The molecule has 1 aliphatic rings. The topological polar surface area (TPSA) is 102 Å². The number of carbonyl (C=O) groups is 1. The summed E-state index contributed by atoms with van der Waals surface area (Å²) in [6, 6.07) is 12.5. The third kappa shape index (κ3) is 4.09. The summed E-state index contributed by atoms with van der Waals surface area (Å²) in [7, 11) is 0. The van der Waals surface area contributed by atoms with Crippen LogP contribution in [0, 0.1) is 0 Å². The van der Waals surface area contributed by atoms with Crippen molar-refractivity contribution in [3.63, 3.8) is 0 Å². The first kappa shape index (κ1) is 16.7. The van der Waals surface area contributed by atoms with Gasteiger partial charge in [-0.3, -0.25) is 0 Å². The third-order valence-electron chi connectivity index (χ3n) is 3.87. The number of amides is 2. The summed E-state index contributed by atoms with van der Waals surface area (Å²) < 4.78 is 12.4. The van der Waals surface area contributed by atoms with Crippen molar-refractivity contribution in [3.05, 3.63) is 54.9 Å². The predicted octanol–water partition coefficient (Wildman–Crippen LogP) is 2.23. The monoisotopic (exact) mass is 366 g/mol. The van der Waals surface area contributed by atoms with Crippen LogP contribution < -0.4 is 25.4 Å². The number of nitrogens with one attached hydrogen (secondary N) is 3. The maximum absolute atomic E-state index is 11.9. The molecule has 3 heterocycles. The lowest BCUT2D eigenvalue weighted by atomic mass is 10.3. The summed E-state index contributed by atoms with van der Waals surface area (Å²) in [5, 5.41) is 16.9. The molecule has 138 valence electrons. The Morgan fingerprint density at radius 2 is 1.89 bits per heavy atom. The molecule has 3 N–H and O–H groups in total. The smallest absolute Gasteiger partial charge is 0.319 e. The minimum atomic E-state index is -0.301. The van der Waals surface area contributed by atoms with E-state index in [0.717, 1.165) is 5.82 Å². The van der Waals surface area contributed by atoms with Crippen molar-refractivity contribution in [2.45, 2.75) is 0 Å². The highest BCUT2D eigenvalue weighted by molar-refractivity contribution is 5.89. The number of ether oxygens (including phenoxy) is 2. The van der Waals surface area contributed by atoms with Gasteiger partial charge in [0.15, 0.2) is 17.3 Å². The summed E-state index contributed by atoms with van der Waals surface area (Å²) >= 11 is 0. The summed E-state index contributed by atoms with van der Waals surface area (Å²) in [5.74, 6) is 2.68. The quantitative estimate of drug-likeness (QED) is 0.578. The molecule has 0 aliphatic carbocycles. The lowest BCUT2D eigenvalue weighted by molar-refractivity contribution is 0.174. The van der Waals surface area contributed by atoms with Crippen LogP contribution in [-0.2, 0) is 0 Å². The Labute approximate surface area is 155 Å². The Balaban J connectivity index is 1.20. The highest BCUT2D eigenvalue weighted by Gasteiger charge is 2.13. The maximum Gasteiger partial charge on any atom is 0.319 e. The standard InChI is InChI=1S/C18H18N6O3/c25-18(21-13-3-4-14-15(11-13)27-12-26-14)20-8-7-19-16-5-6-17(23-22-16)24-9-1-2-10-24/h1-6,9-11H,7-8,12H2,(H,19,22)(H2,20,21,25). The van der Waals surface area contributed by atoms with Crippen molar-refractivity contribution < 1.29 is 14.3 Å². The van der Waals surface area contributed by atoms with Crippen molar-refractivity contribution in [1.82, 2.24) is 20.1 Å². The highest BCUT2D eigenvalue weighted by Crippen LogP contribution is 2.34. The number of nitrogens with zero attached hydrogens (tertiary/aromatic N) is 3. The van der Waals surface area contributed by atoms with Gasteiger partial charge in [-0.2, -0.15) is 0 Å². The normalized spacial score (nSPS) is 11.9. The van der Waals surface area contributed by atoms with Crippen LogP contribution in [0.4, 0.5) is 16.3 Å². The lowest BCUT2D eigenvalue weighted by Gasteiger charge is -2.09. The fraction of sp³-hybridized carbons (Fsp3) is 0.167. The number of hydrogen-bond acceptors (Lipinski definition) is 6. The van der Waals surface area contributed by atoms with Gasteiger partial charge in [-0.05, 0) is 36.4 Å². The van der Waals surface area contributed by atoms with Crippen LogP contribution in [0.1, 0.15) is 0 Å². The Morgan fingerprint density at radius 3 is 2.70 bits per heavy atom. The average Bonchev–Trinajstić information content (AvgIpc) is 3.37. The lowest BCUT2D eigenvalue weighted by Crippen LogP contribution is -2.32. The number of anilines is 2. The number of benzene rings is 1. The van der Waals surface area contributed by atoms with Gasteiger partial charge < -0.3 is 30.0 Å². The largest absolute Gasteiger partial charge is 0.454 e. The minimum Gasteiger partial charge on any atom is -0.454 e. The van der Waals surface area contributed by atoms with Gasteiger partial charge in [-0.15, -0.1) is 10.2 Å². The second-order valence-electron chi connectivity index (χ2n) is 5.74. The fourth-order valence-electron chi connectivity index (χ4n) is 2.56. The van der Waals surface area contributed by atoms with E-state index in [1.807, 2.05) is 41.2 Å². The molecule has 0 radical (unpaired) electrons. The molecule has 9 nitrogen and oxygen atoms in total. The van der Waals surface area contributed by atoms with Crippen molar-refractivity contribution in [3.8, 4) is 17.3 Å². The van der Waals surface area contributed by atoms with Gasteiger partial charge in [-0.1, -0.05) is 0 Å². The van der Waals surface area contributed by atoms with Crippen LogP contribution in [0.2, 0.25) is 0 Å². The molecule has 0 bridgehead atoms. The molecule has 0 saturated heterocycles. The van der Waals surface area contributed by atoms with E-state index < -0.39 is 0 Å². The van der Waals surface area contributed by atoms with E-state index in [0.29, 0.717) is 36.1 Å². The number of urea groups is 1. The van der Waals surface area contributed by atoms with Crippen molar-refractivity contribution in [2.75, 3.05) is 30.5 Å². The Bertz CT molecular complexity index is 911. The molecule has 0 saturated carbocycles. The van der Waals surface area contributed by atoms with Crippen LogP contribution in [0.15, 0.2) is 54.9 Å². The molecule has 9 heteroatoms. The molecule has 0 unspecified atom stereocenters. The van der Waals surface area contributed by atoms with Crippen molar-refractivity contribution >= 4 is 17.5 Å². The number of carbonyl (C=O) groups excluding carboxylic acids is 1. The molecular weight excluding hydrogens is 348 g/mol. The molecule has 1 aromatic carbocycles. The second-order valence-corrected chi connectivity index (χ2v) is 5.74. The van der Waals surface area contributed by atoms with E-state index in [2.05, 4.69) is 26.1 Å². The minimum absolute atomic E-state index is 0.200. The average molecular weight is 366 g/mol. The zero-order valence-corrected chi connectivity index (χ0v) is 14.4. The van der Waals surface area contributed by atoms with E-state index in [4.69, 9.17) is 9.47 Å². The number of fused-ring (bicyclic) bond motifs is 1. The van der Waals surface area contributed by atoms with E-state index in [9.17, 15) is 4.79 Å². The summed E-state index contributed by atoms with van der Waals surface area (Å²) in [6.07, 6.45) is 3.81. The van der Waals surface area contributed by atoms with E-state index in [1.165, 1.54) is 0 Å². The molecule has 3 aromatic rings. The predicted molar refractivity (Wildman–Crippen MR) is 99.4 cm³/mol. The first-order valence-electron chi connectivity index (χ1n) is 8.43. The SMILES string of the molecule is O=C(NCCNc1ccc(-n2cccc2)nn1)Nc1ccc2c(c1)OCO2. The van der Waals surface area contributed by atoms with Gasteiger partial charge in [0.2, 0.25) is 6.79 Å².